The molecule has 2 rings (SSSR count). The summed E-state index contributed by atoms with van der Waals surface area (Å²) in [5.74, 6) is -1.98. The number of rotatable bonds is 7. The van der Waals surface area contributed by atoms with Crippen molar-refractivity contribution in [1.82, 2.24) is 15.4 Å². The average molecular weight is 403 g/mol. The number of sulfone groups is 1. The molecule has 1 heterocycles. The van der Waals surface area contributed by atoms with Crippen LogP contribution in [0.25, 0.3) is 0 Å². The Labute approximate surface area is 152 Å². The van der Waals surface area contributed by atoms with Crippen LogP contribution >= 0.6 is 0 Å². The van der Waals surface area contributed by atoms with E-state index in [4.69, 9.17) is 0 Å². The Kier molecular flexibility index (Phi) is 6.37. The second-order valence-corrected chi connectivity index (χ2v) is 10.1. The third kappa shape index (κ3) is 5.78. The molecule has 3 N–H and O–H groups in total. The molecule has 1 aromatic carbocycles. The van der Waals surface area contributed by atoms with Gasteiger partial charge in [0.25, 0.3) is 5.91 Å². The Balaban J connectivity index is 1.94. The Morgan fingerprint density at radius 1 is 1.12 bits per heavy atom. The van der Waals surface area contributed by atoms with Crippen molar-refractivity contribution in [1.29, 1.82) is 0 Å². The lowest BCUT2D eigenvalue weighted by molar-refractivity contribution is -0.120. The Hall–Kier alpha value is -1.98. The highest BCUT2D eigenvalue weighted by Crippen LogP contribution is 2.14. The van der Waals surface area contributed by atoms with Gasteiger partial charge in [0, 0.05) is 5.56 Å². The number of sulfonamides is 1. The number of hydrogen-bond donors (Lipinski definition) is 3. The first-order chi connectivity index (χ1) is 12.1. The normalized spacial score (nSPS) is 21.9. The van der Waals surface area contributed by atoms with Crippen molar-refractivity contribution in [2.75, 3.05) is 23.8 Å². The van der Waals surface area contributed by atoms with E-state index < -0.39 is 43.8 Å². The lowest BCUT2D eigenvalue weighted by Gasteiger charge is -2.20. The topological polar surface area (TPSA) is 139 Å². The molecular formula is C15H21N3O6S2. The van der Waals surface area contributed by atoms with Crippen molar-refractivity contribution >= 4 is 31.7 Å². The van der Waals surface area contributed by atoms with E-state index in [0.717, 1.165) is 0 Å². The van der Waals surface area contributed by atoms with Gasteiger partial charge in [-0.1, -0.05) is 18.2 Å². The first kappa shape index (κ1) is 20.3. The van der Waals surface area contributed by atoms with Gasteiger partial charge in [-0.15, -0.1) is 0 Å². The van der Waals surface area contributed by atoms with Crippen LogP contribution in [-0.2, 0) is 24.7 Å². The van der Waals surface area contributed by atoms with Gasteiger partial charge in [0.05, 0.1) is 35.9 Å². The summed E-state index contributed by atoms with van der Waals surface area (Å²) in [5.41, 5.74) is 0.386. The second kappa shape index (κ2) is 8.14. The molecule has 0 saturated carbocycles. The Morgan fingerprint density at radius 2 is 1.73 bits per heavy atom. The van der Waals surface area contributed by atoms with E-state index in [1.165, 1.54) is 6.92 Å². The summed E-state index contributed by atoms with van der Waals surface area (Å²) in [7, 11) is -7.09. The van der Waals surface area contributed by atoms with Crippen LogP contribution in [0.15, 0.2) is 30.3 Å². The lowest BCUT2D eigenvalue weighted by Crippen LogP contribution is -2.52. The SMILES string of the molecule is CCS(=O)(=O)N[C@H]1CS(=O)(=O)C[C@H]1NC(=O)CNC(=O)c1ccccc1. The molecule has 0 bridgehead atoms. The molecule has 9 nitrogen and oxygen atoms in total. The van der Waals surface area contributed by atoms with E-state index in [0.29, 0.717) is 5.56 Å². The van der Waals surface area contributed by atoms with Crippen molar-refractivity contribution in [2.45, 2.75) is 19.0 Å². The molecule has 2 amide bonds. The van der Waals surface area contributed by atoms with Gasteiger partial charge in [-0.2, -0.15) is 0 Å². The molecule has 144 valence electrons. The number of benzene rings is 1. The van der Waals surface area contributed by atoms with Crippen molar-refractivity contribution in [3.63, 3.8) is 0 Å². The van der Waals surface area contributed by atoms with Crippen molar-refractivity contribution in [3.05, 3.63) is 35.9 Å². The number of hydrogen-bond acceptors (Lipinski definition) is 6. The average Bonchev–Trinajstić information content (AvgIpc) is 2.86. The molecule has 0 spiro atoms. The standard InChI is InChI=1S/C15H21N3O6S2/c1-2-26(23,24)18-13-10-25(21,22)9-12(13)17-14(19)8-16-15(20)11-6-4-3-5-7-11/h3-7,12-13,18H,2,8-10H2,1H3,(H,16,20)(H,17,19)/t12-,13+/m1/s1. The lowest BCUT2D eigenvalue weighted by atomic mass is 10.2. The molecule has 11 heteroatoms. The van der Waals surface area contributed by atoms with Crippen LogP contribution in [0, 0.1) is 0 Å². The zero-order valence-corrected chi connectivity index (χ0v) is 15.8. The molecule has 1 aliphatic heterocycles. The third-order valence-electron chi connectivity index (χ3n) is 3.86. The summed E-state index contributed by atoms with van der Waals surface area (Å²) in [6.07, 6.45) is 0. The van der Waals surface area contributed by atoms with Gasteiger partial charge in [-0.3, -0.25) is 9.59 Å². The molecule has 26 heavy (non-hydrogen) atoms. The van der Waals surface area contributed by atoms with Crippen LogP contribution in [-0.4, -0.2) is 64.5 Å². The molecular weight excluding hydrogens is 382 g/mol. The maximum Gasteiger partial charge on any atom is 0.251 e. The molecule has 1 fully saturated rings. The minimum absolute atomic E-state index is 0.197. The second-order valence-electron chi connectivity index (χ2n) is 5.93. The molecule has 0 aromatic heterocycles. The number of amides is 2. The summed E-state index contributed by atoms with van der Waals surface area (Å²) in [5, 5.41) is 4.91. The van der Waals surface area contributed by atoms with Crippen molar-refractivity contribution < 1.29 is 26.4 Å². The summed E-state index contributed by atoms with van der Waals surface area (Å²) in [4.78, 5) is 23.9. The fraction of sp³-hybridized carbons (Fsp3) is 0.467. The highest BCUT2D eigenvalue weighted by molar-refractivity contribution is 7.92. The Bertz CT molecular complexity index is 868. The minimum atomic E-state index is -3.62. The molecule has 1 aliphatic rings. The number of carbonyl (C=O) groups excluding carboxylic acids is 2. The summed E-state index contributed by atoms with van der Waals surface area (Å²) >= 11 is 0. The first-order valence-electron chi connectivity index (χ1n) is 7.95. The molecule has 2 atom stereocenters. The maximum atomic E-state index is 12.0. The van der Waals surface area contributed by atoms with Crippen LogP contribution in [0.2, 0.25) is 0 Å². The van der Waals surface area contributed by atoms with Gasteiger partial charge in [-0.25, -0.2) is 21.6 Å². The maximum absolute atomic E-state index is 12.0. The fourth-order valence-corrected chi connectivity index (χ4v) is 5.37. The first-order valence-corrected chi connectivity index (χ1v) is 11.4. The Morgan fingerprint density at radius 3 is 2.35 bits per heavy atom. The zero-order chi connectivity index (χ0) is 19.4. The van der Waals surface area contributed by atoms with Gasteiger partial charge < -0.3 is 10.6 Å². The third-order valence-corrected chi connectivity index (χ3v) is 7.01. The molecule has 1 saturated heterocycles. The van der Waals surface area contributed by atoms with Gasteiger partial charge in [-0.05, 0) is 19.1 Å². The predicted octanol–water partition coefficient (Wildman–Crippen LogP) is -1.36. The van der Waals surface area contributed by atoms with Gasteiger partial charge in [0.2, 0.25) is 15.9 Å². The zero-order valence-electron chi connectivity index (χ0n) is 14.1. The number of carbonyl (C=O) groups is 2. The van der Waals surface area contributed by atoms with Crippen LogP contribution < -0.4 is 15.4 Å². The van der Waals surface area contributed by atoms with E-state index in [1.807, 2.05) is 0 Å². The monoisotopic (exact) mass is 403 g/mol. The predicted molar refractivity (Wildman–Crippen MR) is 95.7 cm³/mol. The quantitative estimate of drug-likeness (QED) is 0.514. The fourth-order valence-electron chi connectivity index (χ4n) is 2.53. The molecule has 1 aromatic rings. The van der Waals surface area contributed by atoms with E-state index in [1.54, 1.807) is 30.3 Å². The van der Waals surface area contributed by atoms with Gasteiger partial charge >= 0.3 is 0 Å². The molecule has 0 aliphatic carbocycles. The summed E-state index contributed by atoms with van der Waals surface area (Å²) in [6.45, 7) is 1.08. The van der Waals surface area contributed by atoms with E-state index in [9.17, 15) is 26.4 Å². The van der Waals surface area contributed by atoms with Crippen LogP contribution in [0.5, 0.6) is 0 Å². The smallest absolute Gasteiger partial charge is 0.251 e. The summed E-state index contributed by atoms with van der Waals surface area (Å²) < 4.78 is 49.3. The molecule has 0 radical (unpaired) electrons. The van der Waals surface area contributed by atoms with Crippen LogP contribution in [0.1, 0.15) is 17.3 Å². The van der Waals surface area contributed by atoms with E-state index in [-0.39, 0.29) is 23.8 Å². The highest BCUT2D eigenvalue weighted by Gasteiger charge is 2.40. The van der Waals surface area contributed by atoms with Crippen LogP contribution in [0.4, 0.5) is 0 Å². The number of nitrogens with one attached hydrogen (secondary N) is 3. The van der Waals surface area contributed by atoms with Gasteiger partial charge in [0.15, 0.2) is 9.84 Å². The summed E-state index contributed by atoms with van der Waals surface area (Å²) in [6, 6.07) is 6.48. The largest absolute Gasteiger partial charge is 0.349 e. The van der Waals surface area contributed by atoms with Crippen molar-refractivity contribution in [2.24, 2.45) is 0 Å². The van der Waals surface area contributed by atoms with Crippen molar-refractivity contribution in [3.8, 4) is 0 Å². The van der Waals surface area contributed by atoms with E-state index in [2.05, 4.69) is 15.4 Å². The van der Waals surface area contributed by atoms with E-state index >= 15 is 0 Å². The highest BCUT2D eigenvalue weighted by atomic mass is 32.2. The minimum Gasteiger partial charge on any atom is -0.349 e. The van der Waals surface area contributed by atoms with Gasteiger partial charge in [0.1, 0.15) is 0 Å². The molecule has 0 unspecified atom stereocenters. The van der Waals surface area contributed by atoms with Crippen LogP contribution in [0.3, 0.4) is 0 Å².